The molecule has 3 aromatic carbocycles. The molecule has 182 valence electrons. The highest BCUT2D eigenvalue weighted by molar-refractivity contribution is 6.30. The Hall–Kier alpha value is -3.75. The topological polar surface area (TPSA) is 85.9 Å². The number of hydrazine groups is 1. The van der Waals surface area contributed by atoms with Crippen molar-refractivity contribution in [1.82, 2.24) is 15.8 Å². The van der Waals surface area contributed by atoms with Crippen molar-refractivity contribution in [1.29, 1.82) is 0 Å². The number of halogens is 1. The Balaban J connectivity index is 1.39. The van der Waals surface area contributed by atoms with E-state index >= 15 is 0 Å². The van der Waals surface area contributed by atoms with Crippen LogP contribution in [0.2, 0.25) is 5.02 Å². The highest BCUT2D eigenvalue weighted by Crippen LogP contribution is 2.25. The normalized spacial score (nSPS) is 14.6. The molecule has 0 radical (unpaired) electrons. The molecule has 0 saturated carbocycles. The number of nitrogens with zero attached hydrogens (tertiary/aromatic N) is 2. The maximum absolute atomic E-state index is 13.2. The summed E-state index contributed by atoms with van der Waals surface area (Å²) in [6.45, 7) is 2.92. The lowest BCUT2D eigenvalue weighted by Gasteiger charge is -2.39. The number of benzene rings is 3. The molecule has 1 aliphatic rings. The summed E-state index contributed by atoms with van der Waals surface area (Å²) in [5.74, 6) is 0.510. The molecule has 1 atom stereocenters. The third kappa shape index (κ3) is 6.44. The maximum Gasteiger partial charge on any atom is 0.337 e. The zero-order valence-corrected chi connectivity index (χ0v) is 20.2. The highest BCUT2D eigenvalue weighted by atomic mass is 35.5. The monoisotopic (exact) mass is 493 g/mol. The lowest BCUT2D eigenvalue weighted by atomic mass is 10.0. The van der Waals surface area contributed by atoms with E-state index in [2.05, 4.69) is 26.0 Å². The van der Waals surface area contributed by atoms with Crippen molar-refractivity contribution in [2.75, 3.05) is 43.5 Å². The van der Waals surface area contributed by atoms with Gasteiger partial charge in [0.2, 0.25) is 0 Å². The SMILES string of the molecule is COc1ccc(N2CCN([C@@H](C(=O)NNC(=O)Nc3cccc(Cl)c3)c3ccccc3)CC2)cc1. The standard InChI is InChI=1S/C26H28ClN5O3/c1-35-23-12-10-22(11-13-23)31-14-16-32(17-15-31)24(19-6-3-2-4-7-19)25(33)29-30-26(34)28-21-9-5-8-20(27)18-21/h2-13,18,24H,14-17H2,1H3,(H,29,33)(H2,28,30,34)/t24-/m1/s1. The summed E-state index contributed by atoms with van der Waals surface area (Å²) in [6, 6.07) is 23.2. The van der Waals surface area contributed by atoms with Crippen LogP contribution in [0.4, 0.5) is 16.2 Å². The summed E-state index contributed by atoms with van der Waals surface area (Å²) >= 11 is 5.96. The van der Waals surface area contributed by atoms with E-state index in [0.29, 0.717) is 23.8 Å². The molecule has 3 aromatic rings. The largest absolute Gasteiger partial charge is 0.497 e. The summed E-state index contributed by atoms with van der Waals surface area (Å²) in [5, 5.41) is 3.15. The minimum atomic E-state index is -0.559. The zero-order valence-electron chi connectivity index (χ0n) is 19.4. The van der Waals surface area contributed by atoms with Gasteiger partial charge in [-0.05, 0) is 48.0 Å². The number of hydrogen-bond donors (Lipinski definition) is 3. The van der Waals surface area contributed by atoms with Gasteiger partial charge in [-0.15, -0.1) is 0 Å². The van der Waals surface area contributed by atoms with Gasteiger partial charge in [-0.1, -0.05) is 48.0 Å². The van der Waals surface area contributed by atoms with E-state index in [-0.39, 0.29) is 5.91 Å². The molecule has 8 nitrogen and oxygen atoms in total. The zero-order chi connectivity index (χ0) is 24.6. The lowest BCUT2D eigenvalue weighted by molar-refractivity contribution is -0.127. The second kappa shape index (κ2) is 11.6. The molecule has 0 spiro atoms. The third-order valence-corrected chi connectivity index (χ3v) is 6.10. The van der Waals surface area contributed by atoms with Crippen molar-refractivity contribution in [2.24, 2.45) is 0 Å². The highest BCUT2D eigenvalue weighted by Gasteiger charge is 2.30. The molecule has 9 heteroatoms. The van der Waals surface area contributed by atoms with Crippen LogP contribution in [-0.4, -0.2) is 50.1 Å². The smallest absolute Gasteiger partial charge is 0.337 e. The molecule has 0 aliphatic carbocycles. The lowest BCUT2D eigenvalue weighted by Crippen LogP contribution is -2.53. The number of anilines is 2. The second-order valence-electron chi connectivity index (χ2n) is 8.11. The van der Waals surface area contributed by atoms with Crippen LogP contribution in [0.3, 0.4) is 0 Å². The molecule has 3 amide bonds. The van der Waals surface area contributed by atoms with E-state index in [1.165, 1.54) is 0 Å². The van der Waals surface area contributed by atoms with Crippen molar-refractivity contribution in [3.05, 3.63) is 89.4 Å². The average Bonchev–Trinajstić information content (AvgIpc) is 2.89. The van der Waals surface area contributed by atoms with Gasteiger partial charge in [0.1, 0.15) is 11.8 Å². The number of carbonyl (C=O) groups is 2. The van der Waals surface area contributed by atoms with Gasteiger partial charge in [0.15, 0.2) is 0 Å². The van der Waals surface area contributed by atoms with Gasteiger partial charge in [0.05, 0.1) is 7.11 Å². The molecule has 4 rings (SSSR count). The number of hydrogen-bond acceptors (Lipinski definition) is 5. The average molecular weight is 494 g/mol. The van der Waals surface area contributed by atoms with Gasteiger partial charge in [0, 0.05) is 42.6 Å². The predicted octanol–water partition coefficient (Wildman–Crippen LogP) is 4.06. The van der Waals surface area contributed by atoms with Crippen molar-refractivity contribution in [3.63, 3.8) is 0 Å². The quantitative estimate of drug-likeness (QED) is 0.451. The first-order valence-electron chi connectivity index (χ1n) is 11.3. The predicted molar refractivity (Wildman–Crippen MR) is 138 cm³/mol. The number of piperazine rings is 1. The van der Waals surface area contributed by atoms with Crippen LogP contribution < -0.4 is 25.8 Å². The number of nitrogens with one attached hydrogen (secondary N) is 3. The van der Waals surface area contributed by atoms with Gasteiger partial charge in [0.25, 0.3) is 5.91 Å². The van der Waals surface area contributed by atoms with Crippen LogP contribution in [0.15, 0.2) is 78.9 Å². The van der Waals surface area contributed by atoms with E-state index in [1.54, 1.807) is 31.4 Å². The minimum absolute atomic E-state index is 0.310. The molecule has 1 heterocycles. The third-order valence-electron chi connectivity index (χ3n) is 5.86. The van der Waals surface area contributed by atoms with Gasteiger partial charge in [-0.2, -0.15) is 0 Å². The number of rotatable bonds is 6. The number of amides is 3. The molecule has 1 aliphatic heterocycles. The molecule has 0 bridgehead atoms. The number of urea groups is 1. The molecule has 1 saturated heterocycles. The Morgan fingerprint density at radius 3 is 2.26 bits per heavy atom. The maximum atomic E-state index is 13.2. The van der Waals surface area contributed by atoms with Crippen LogP contribution in [0, 0.1) is 0 Å². The van der Waals surface area contributed by atoms with E-state index < -0.39 is 12.1 Å². The molecular weight excluding hydrogens is 466 g/mol. The molecule has 35 heavy (non-hydrogen) atoms. The number of methoxy groups -OCH3 is 1. The fourth-order valence-electron chi connectivity index (χ4n) is 4.11. The first-order chi connectivity index (χ1) is 17.0. The summed E-state index contributed by atoms with van der Waals surface area (Å²) in [4.78, 5) is 29.9. The summed E-state index contributed by atoms with van der Waals surface area (Å²) in [6.07, 6.45) is 0. The van der Waals surface area contributed by atoms with E-state index in [4.69, 9.17) is 16.3 Å². The summed E-state index contributed by atoms with van der Waals surface area (Å²) in [5.41, 5.74) is 7.51. The first kappa shape index (κ1) is 24.4. The molecular formula is C26H28ClN5O3. The van der Waals surface area contributed by atoms with Crippen molar-refractivity contribution >= 4 is 34.9 Å². The van der Waals surface area contributed by atoms with Gasteiger partial charge in [-0.25, -0.2) is 10.2 Å². The minimum Gasteiger partial charge on any atom is -0.497 e. The van der Waals surface area contributed by atoms with Crippen LogP contribution >= 0.6 is 11.6 Å². The fraction of sp³-hybridized carbons (Fsp3) is 0.231. The first-order valence-corrected chi connectivity index (χ1v) is 11.7. The van der Waals surface area contributed by atoms with E-state index in [0.717, 1.165) is 30.1 Å². The van der Waals surface area contributed by atoms with Crippen molar-refractivity contribution in [3.8, 4) is 5.75 Å². The Morgan fingerprint density at radius 1 is 0.886 bits per heavy atom. The Kier molecular flexibility index (Phi) is 8.07. The van der Waals surface area contributed by atoms with E-state index in [1.807, 2.05) is 54.6 Å². The summed E-state index contributed by atoms with van der Waals surface area (Å²) < 4.78 is 5.25. The molecule has 1 fully saturated rings. The van der Waals surface area contributed by atoms with Crippen LogP contribution in [0.25, 0.3) is 0 Å². The van der Waals surface area contributed by atoms with Crippen molar-refractivity contribution in [2.45, 2.75) is 6.04 Å². The van der Waals surface area contributed by atoms with Crippen LogP contribution in [0.1, 0.15) is 11.6 Å². The van der Waals surface area contributed by atoms with Crippen molar-refractivity contribution < 1.29 is 14.3 Å². The molecule has 0 unspecified atom stereocenters. The Bertz CT molecular complexity index is 1140. The van der Waals surface area contributed by atoms with Gasteiger partial charge < -0.3 is 15.0 Å². The van der Waals surface area contributed by atoms with Gasteiger partial charge in [-0.3, -0.25) is 15.1 Å². The second-order valence-corrected chi connectivity index (χ2v) is 8.55. The number of carbonyl (C=O) groups excluding carboxylic acids is 2. The summed E-state index contributed by atoms with van der Waals surface area (Å²) in [7, 11) is 1.65. The Morgan fingerprint density at radius 2 is 1.60 bits per heavy atom. The van der Waals surface area contributed by atoms with Crippen LogP contribution in [-0.2, 0) is 4.79 Å². The number of ether oxygens (including phenoxy) is 1. The fourth-order valence-corrected chi connectivity index (χ4v) is 4.30. The van der Waals surface area contributed by atoms with E-state index in [9.17, 15) is 9.59 Å². The Labute approximate surface area is 209 Å². The molecule has 0 aromatic heterocycles. The van der Waals surface area contributed by atoms with Gasteiger partial charge >= 0.3 is 6.03 Å². The molecule has 3 N–H and O–H groups in total. The van der Waals surface area contributed by atoms with Crippen LogP contribution in [0.5, 0.6) is 5.75 Å².